The standard InChI is InChI=1S/C12H16N2O4S/c1-8-4-10-11(18-7-17-10)5-12(8)19(15,16)14-3-2-9(13)6-14/h4-5,9H,2-3,6-7,13H2,1H3. The summed E-state index contributed by atoms with van der Waals surface area (Å²) in [6.07, 6.45) is 0.697. The molecule has 0 radical (unpaired) electrons. The van der Waals surface area contributed by atoms with Crippen LogP contribution in [0.25, 0.3) is 0 Å². The van der Waals surface area contributed by atoms with E-state index in [9.17, 15) is 8.42 Å². The minimum Gasteiger partial charge on any atom is -0.454 e. The smallest absolute Gasteiger partial charge is 0.243 e. The summed E-state index contributed by atoms with van der Waals surface area (Å²) < 4.78 is 37.1. The predicted molar refractivity (Wildman–Crippen MR) is 68.7 cm³/mol. The van der Waals surface area contributed by atoms with Gasteiger partial charge in [0.05, 0.1) is 4.90 Å². The Morgan fingerprint density at radius 3 is 2.63 bits per heavy atom. The van der Waals surface area contributed by atoms with Gasteiger partial charge in [0.15, 0.2) is 11.5 Å². The van der Waals surface area contributed by atoms with E-state index in [0.29, 0.717) is 36.6 Å². The number of ether oxygens (including phenoxy) is 2. The number of nitrogens with two attached hydrogens (primary N) is 1. The van der Waals surface area contributed by atoms with E-state index in [0.717, 1.165) is 0 Å². The lowest BCUT2D eigenvalue weighted by Crippen LogP contribution is -2.32. The normalized spacial score (nSPS) is 22.9. The second kappa shape index (κ2) is 4.36. The highest BCUT2D eigenvalue weighted by molar-refractivity contribution is 7.89. The average molecular weight is 284 g/mol. The van der Waals surface area contributed by atoms with Crippen LogP contribution in [0.15, 0.2) is 17.0 Å². The predicted octanol–water partition coefficient (Wildman–Crippen LogP) is 0.445. The van der Waals surface area contributed by atoms with Crippen molar-refractivity contribution in [3.05, 3.63) is 17.7 Å². The summed E-state index contributed by atoms with van der Waals surface area (Å²) in [7, 11) is -3.51. The molecule has 1 saturated heterocycles. The summed E-state index contributed by atoms with van der Waals surface area (Å²) in [4.78, 5) is 0.269. The van der Waals surface area contributed by atoms with Gasteiger partial charge in [0.25, 0.3) is 0 Å². The summed E-state index contributed by atoms with van der Waals surface area (Å²) in [5.74, 6) is 1.07. The molecule has 0 aliphatic carbocycles. The van der Waals surface area contributed by atoms with E-state index >= 15 is 0 Å². The quantitative estimate of drug-likeness (QED) is 0.852. The number of hydrogen-bond acceptors (Lipinski definition) is 5. The molecular weight excluding hydrogens is 268 g/mol. The van der Waals surface area contributed by atoms with Crippen molar-refractivity contribution in [3.8, 4) is 11.5 Å². The Morgan fingerprint density at radius 2 is 2.00 bits per heavy atom. The van der Waals surface area contributed by atoms with Gasteiger partial charge in [0, 0.05) is 25.2 Å². The van der Waals surface area contributed by atoms with Crippen LogP contribution < -0.4 is 15.2 Å². The molecule has 19 heavy (non-hydrogen) atoms. The van der Waals surface area contributed by atoms with E-state index in [2.05, 4.69) is 0 Å². The third-order valence-electron chi connectivity index (χ3n) is 3.48. The van der Waals surface area contributed by atoms with Crippen LogP contribution in [0.4, 0.5) is 0 Å². The van der Waals surface area contributed by atoms with Crippen LogP contribution >= 0.6 is 0 Å². The second-order valence-electron chi connectivity index (χ2n) is 4.88. The summed E-state index contributed by atoms with van der Waals surface area (Å²) in [6, 6.07) is 3.16. The zero-order chi connectivity index (χ0) is 13.6. The third-order valence-corrected chi connectivity index (χ3v) is 5.48. The van der Waals surface area contributed by atoms with Gasteiger partial charge in [-0.1, -0.05) is 0 Å². The molecule has 0 saturated carbocycles. The maximum Gasteiger partial charge on any atom is 0.243 e. The molecule has 0 aromatic heterocycles. The Hall–Kier alpha value is -1.31. The van der Waals surface area contributed by atoms with Crippen molar-refractivity contribution in [2.24, 2.45) is 5.73 Å². The van der Waals surface area contributed by atoms with Crippen molar-refractivity contribution < 1.29 is 17.9 Å². The number of benzene rings is 1. The maximum atomic E-state index is 12.6. The molecule has 6 nitrogen and oxygen atoms in total. The van der Waals surface area contributed by atoms with Gasteiger partial charge in [-0.2, -0.15) is 4.31 Å². The number of sulfonamides is 1. The first-order valence-corrected chi connectivity index (χ1v) is 7.58. The van der Waals surface area contributed by atoms with Crippen molar-refractivity contribution in [1.29, 1.82) is 0 Å². The Labute approximate surface area is 112 Å². The largest absolute Gasteiger partial charge is 0.454 e. The Balaban J connectivity index is 2.02. The number of nitrogens with zero attached hydrogens (tertiary/aromatic N) is 1. The van der Waals surface area contributed by atoms with E-state index in [4.69, 9.17) is 15.2 Å². The van der Waals surface area contributed by atoms with Crippen molar-refractivity contribution in [2.75, 3.05) is 19.9 Å². The molecule has 104 valence electrons. The molecule has 0 bridgehead atoms. The van der Waals surface area contributed by atoms with Crippen LogP contribution in [-0.4, -0.2) is 38.6 Å². The minimum absolute atomic E-state index is 0.0795. The molecule has 3 rings (SSSR count). The summed E-state index contributed by atoms with van der Waals surface area (Å²) in [5, 5.41) is 0. The van der Waals surface area contributed by atoms with Gasteiger partial charge in [0.1, 0.15) is 0 Å². The van der Waals surface area contributed by atoms with E-state index in [1.165, 1.54) is 10.4 Å². The number of hydrogen-bond donors (Lipinski definition) is 1. The lowest BCUT2D eigenvalue weighted by atomic mass is 10.2. The summed E-state index contributed by atoms with van der Waals surface area (Å²) in [5.41, 5.74) is 6.43. The van der Waals surface area contributed by atoms with Gasteiger partial charge in [0.2, 0.25) is 16.8 Å². The lowest BCUT2D eigenvalue weighted by Gasteiger charge is -2.17. The SMILES string of the molecule is Cc1cc2c(cc1S(=O)(=O)N1CCC(N)C1)OCO2. The molecule has 1 atom stereocenters. The molecule has 1 aromatic rings. The van der Waals surface area contributed by atoms with Crippen LogP contribution in [0.5, 0.6) is 11.5 Å². The van der Waals surface area contributed by atoms with Gasteiger partial charge < -0.3 is 15.2 Å². The molecule has 1 fully saturated rings. The van der Waals surface area contributed by atoms with Gasteiger partial charge in [-0.15, -0.1) is 0 Å². The van der Waals surface area contributed by atoms with Gasteiger partial charge in [-0.25, -0.2) is 8.42 Å². The van der Waals surface area contributed by atoms with Crippen molar-refractivity contribution >= 4 is 10.0 Å². The maximum absolute atomic E-state index is 12.6. The molecule has 2 aliphatic rings. The number of rotatable bonds is 2. The number of fused-ring (bicyclic) bond motifs is 1. The molecular formula is C12H16N2O4S. The Kier molecular flexibility index (Phi) is 2.92. The van der Waals surface area contributed by atoms with Gasteiger partial charge in [-0.3, -0.25) is 0 Å². The van der Waals surface area contributed by atoms with Crippen molar-refractivity contribution in [3.63, 3.8) is 0 Å². The van der Waals surface area contributed by atoms with Crippen LogP contribution in [0.2, 0.25) is 0 Å². The first-order chi connectivity index (χ1) is 8.98. The lowest BCUT2D eigenvalue weighted by molar-refractivity contribution is 0.174. The van der Waals surface area contributed by atoms with Crippen molar-refractivity contribution in [1.82, 2.24) is 4.31 Å². The first-order valence-electron chi connectivity index (χ1n) is 6.14. The van der Waals surface area contributed by atoms with Crippen LogP contribution in [0.1, 0.15) is 12.0 Å². The monoisotopic (exact) mass is 284 g/mol. The minimum atomic E-state index is -3.51. The van der Waals surface area contributed by atoms with Crippen LogP contribution in [-0.2, 0) is 10.0 Å². The highest BCUT2D eigenvalue weighted by Crippen LogP contribution is 2.37. The highest BCUT2D eigenvalue weighted by atomic mass is 32.2. The van der Waals surface area contributed by atoms with Crippen molar-refractivity contribution in [2.45, 2.75) is 24.3 Å². The zero-order valence-corrected chi connectivity index (χ0v) is 11.4. The highest BCUT2D eigenvalue weighted by Gasteiger charge is 2.33. The third kappa shape index (κ3) is 2.07. The van der Waals surface area contributed by atoms with E-state index in [1.54, 1.807) is 13.0 Å². The number of aryl methyl sites for hydroxylation is 1. The topological polar surface area (TPSA) is 81.9 Å². The fourth-order valence-corrected chi connectivity index (χ4v) is 4.15. The first kappa shape index (κ1) is 12.7. The fraction of sp³-hybridized carbons (Fsp3) is 0.500. The van der Waals surface area contributed by atoms with Gasteiger partial charge >= 0.3 is 0 Å². The average Bonchev–Trinajstić information content (AvgIpc) is 2.96. The zero-order valence-electron chi connectivity index (χ0n) is 10.6. The second-order valence-corrected chi connectivity index (χ2v) is 6.79. The molecule has 2 aliphatic heterocycles. The summed E-state index contributed by atoms with van der Waals surface area (Å²) >= 11 is 0. The van der Waals surface area contributed by atoms with E-state index in [-0.39, 0.29) is 17.7 Å². The van der Waals surface area contributed by atoms with Crippen LogP contribution in [0, 0.1) is 6.92 Å². The molecule has 2 heterocycles. The molecule has 2 N–H and O–H groups in total. The van der Waals surface area contributed by atoms with E-state index in [1.807, 2.05) is 0 Å². The van der Waals surface area contributed by atoms with Crippen LogP contribution in [0.3, 0.4) is 0 Å². The molecule has 7 heteroatoms. The molecule has 0 spiro atoms. The van der Waals surface area contributed by atoms with E-state index < -0.39 is 10.0 Å². The molecule has 1 aromatic carbocycles. The Bertz CT molecular complexity index is 614. The summed E-state index contributed by atoms with van der Waals surface area (Å²) in [6.45, 7) is 2.73. The van der Waals surface area contributed by atoms with Gasteiger partial charge in [-0.05, 0) is 25.0 Å². The Morgan fingerprint density at radius 1 is 1.32 bits per heavy atom. The molecule has 1 unspecified atom stereocenters. The fourth-order valence-electron chi connectivity index (χ4n) is 2.41. The molecule has 0 amide bonds.